The molecule has 0 saturated carbocycles. The third-order valence-corrected chi connectivity index (χ3v) is 4.40. The molecule has 1 aromatic rings. The molecule has 0 spiro atoms. The molecule has 0 aliphatic heterocycles. The van der Waals surface area contributed by atoms with Crippen LogP contribution < -0.4 is 5.73 Å². The van der Waals surface area contributed by atoms with Gasteiger partial charge in [0.15, 0.2) is 0 Å². The third-order valence-electron chi connectivity index (χ3n) is 2.16. The van der Waals surface area contributed by atoms with Crippen LogP contribution in [0.2, 0.25) is 0 Å². The predicted molar refractivity (Wildman–Crippen MR) is 60.2 cm³/mol. The van der Waals surface area contributed by atoms with Gasteiger partial charge in [0.2, 0.25) is 0 Å². The summed E-state index contributed by atoms with van der Waals surface area (Å²) in [5.74, 6) is 0. The number of rotatable bonds is 3. The standard InChI is InChI=1S/C9H14BrNOS/c1-6-3-7(10)8(13-6)9(2,4-11)5-12/h3,12H,4-5,11H2,1-2H3. The topological polar surface area (TPSA) is 46.2 Å². The van der Waals surface area contributed by atoms with Gasteiger partial charge in [-0.1, -0.05) is 6.92 Å². The van der Waals surface area contributed by atoms with Crippen molar-refractivity contribution in [2.75, 3.05) is 13.2 Å². The van der Waals surface area contributed by atoms with E-state index >= 15 is 0 Å². The van der Waals surface area contributed by atoms with E-state index in [1.54, 1.807) is 11.3 Å². The Morgan fingerprint density at radius 3 is 2.62 bits per heavy atom. The lowest BCUT2D eigenvalue weighted by Crippen LogP contribution is -2.34. The third kappa shape index (κ3) is 2.13. The number of aryl methyl sites for hydroxylation is 1. The summed E-state index contributed by atoms with van der Waals surface area (Å²) in [6, 6.07) is 2.06. The average molecular weight is 264 g/mol. The second kappa shape index (κ2) is 4.09. The Hall–Kier alpha value is 0.1000. The molecule has 0 aliphatic carbocycles. The van der Waals surface area contributed by atoms with Crippen LogP contribution in [0.5, 0.6) is 0 Å². The van der Waals surface area contributed by atoms with Crippen molar-refractivity contribution in [3.8, 4) is 0 Å². The molecular formula is C9H14BrNOS. The first-order valence-corrected chi connectivity index (χ1v) is 5.72. The van der Waals surface area contributed by atoms with Crippen molar-refractivity contribution in [1.29, 1.82) is 0 Å². The minimum Gasteiger partial charge on any atom is -0.395 e. The minimum absolute atomic E-state index is 0.0854. The van der Waals surface area contributed by atoms with E-state index in [2.05, 4.69) is 22.0 Å². The van der Waals surface area contributed by atoms with Crippen LogP contribution in [0.4, 0.5) is 0 Å². The first-order chi connectivity index (χ1) is 6.03. The van der Waals surface area contributed by atoms with E-state index in [4.69, 9.17) is 5.73 Å². The molecule has 3 N–H and O–H groups in total. The van der Waals surface area contributed by atoms with Crippen molar-refractivity contribution in [2.45, 2.75) is 19.3 Å². The van der Waals surface area contributed by atoms with Crippen LogP contribution >= 0.6 is 27.3 Å². The number of aliphatic hydroxyl groups is 1. The van der Waals surface area contributed by atoms with Gasteiger partial charge in [0, 0.05) is 26.2 Å². The molecule has 13 heavy (non-hydrogen) atoms. The van der Waals surface area contributed by atoms with Gasteiger partial charge in [-0.15, -0.1) is 11.3 Å². The number of nitrogens with two attached hydrogens (primary N) is 1. The SMILES string of the molecule is Cc1cc(Br)c(C(C)(CN)CO)s1. The predicted octanol–water partition coefficient (Wildman–Crippen LogP) is 2.03. The van der Waals surface area contributed by atoms with Crippen molar-refractivity contribution in [1.82, 2.24) is 0 Å². The number of hydrogen-bond donors (Lipinski definition) is 2. The zero-order chi connectivity index (χ0) is 10.1. The van der Waals surface area contributed by atoms with Crippen LogP contribution in [0.3, 0.4) is 0 Å². The number of hydrogen-bond acceptors (Lipinski definition) is 3. The van der Waals surface area contributed by atoms with Crippen molar-refractivity contribution in [2.24, 2.45) is 5.73 Å². The van der Waals surface area contributed by atoms with Crippen molar-refractivity contribution >= 4 is 27.3 Å². The molecule has 1 unspecified atom stereocenters. The molecule has 0 aromatic carbocycles. The molecule has 1 rings (SSSR count). The molecule has 2 nitrogen and oxygen atoms in total. The van der Waals surface area contributed by atoms with E-state index < -0.39 is 0 Å². The summed E-state index contributed by atoms with van der Waals surface area (Å²) in [4.78, 5) is 2.37. The van der Waals surface area contributed by atoms with Crippen LogP contribution in [-0.4, -0.2) is 18.3 Å². The zero-order valence-corrected chi connectivity index (χ0v) is 10.2. The highest BCUT2D eigenvalue weighted by Gasteiger charge is 2.28. The fraction of sp³-hybridized carbons (Fsp3) is 0.556. The zero-order valence-electron chi connectivity index (χ0n) is 7.80. The Balaban J connectivity index is 3.11. The number of thiophene rings is 1. The monoisotopic (exact) mass is 263 g/mol. The van der Waals surface area contributed by atoms with E-state index in [1.807, 2.05) is 13.8 Å². The van der Waals surface area contributed by atoms with E-state index in [1.165, 1.54) is 4.88 Å². The van der Waals surface area contributed by atoms with Crippen molar-refractivity contribution in [3.63, 3.8) is 0 Å². The maximum absolute atomic E-state index is 9.28. The molecule has 1 heterocycles. The van der Waals surface area contributed by atoms with Crippen molar-refractivity contribution in [3.05, 3.63) is 20.3 Å². The van der Waals surface area contributed by atoms with Crippen LogP contribution in [0, 0.1) is 6.92 Å². The molecule has 1 atom stereocenters. The molecule has 4 heteroatoms. The number of aliphatic hydroxyl groups excluding tert-OH is 1. The van der Waals surface area contributed by atoms with Crippen LogP contribution in [0.25, 0.3) is 0 Å². The lowest BCUT2D eigenvalue weighted by atomic mass is 9.90. The molecule has 0 aliphatic rings. The van der Waals surface area contributed by atoms with E-state index in [9.17, 15) is 5.11 Å². The Labute approximate surface area is 90.9 Å². The molecular weight excluding hydrogens is 250 g/mol. The summed E-state index contributed by atoms with van der Waals surface area (Å²) in [5, 5.41) is 9.28. The van der Waals surface area contributed by atoms with Gasteiger partial charge in [0.05, 0.1) is 6.61 Å². The minimum atomic E-state index is -0.308. The Bertz CT molecular complexity index is 294. The van der Waals surface area contributed by atoms with Gasteiger partial charge in [0.1, 0.15) is 0 Å². The maximum atomic E-state index is 9.28. The normalized spacial score (nSPS) is 15.8. The van der Waals surface area contributed by atoms with Crippen LogP contribution in [-0.2, 0) is 5.41 Å². The summed E-state index contributed by atoms with van der Waals surface area (Å²) >= 11 is 5.16. The smallest absolute Gasteiger partial charge is 0.0545 e. The molecule has 0 fully saturated rings. The Morgan fingerprint density at radius 1 is 1.69 bits per heavy atom. The first kappa shape index (κ1) is 11.2. The van der Waals surface area contributed by atoms with Crippen molar-refractivity contribution < 1.29 is 5.11 Å². The van der Waals surface area contributed by atoms with Crippen LogP contribution in [0.15, 0.2) is 10.5 Å². The number of halogens is 1. The molecule has 74 valence electrons. The van der Waals surface area contributed by atoms with Gasteiger partial charge in [-0.05, 0) is 28.9 Å². The molecule has 0 radical (unpaired) electrons. The van der Waals surface area contributed by atoms with Gasteiger partial charge < -0.3 is 10.8 Å². The largest absolute Gasteiger partial charge is 0.395 e. The Kier molecular flexibility index (Phi) is 3.51. The molecule has 0 amide bonds. The lowest BCUT2D eigenvalue weighted by Gasteiger charge is -2.24. The molecule has 0 saturated heterocycles. The summed E-state index contributed by atoms with van der Waals surface area (Å²) in [6.07, 6.45) is 0. The Morgan fingerprint density at radius 2 is 2.31 bits per heavy atom. The molecule has 0 bridgehead atoms. The second-order valence-electron chi connectivity index (χ2n) is 3.46. The first-order valence-electron chi connectivity index (χ1n) is 4.11. The lowest BCUT2D eigenvalue weighted by molar-refractivity contribution is 0.212. The fourth-order valence-corrected chi connectivity index (χ4v) is 3.39. The highest BCUT2D eigenvalue weighted by Crippen LogP contribution is 2.36. The fourth-order valence-electron chi connectivity index (χ4n) is 1.12. The van der Waals surface area contributed by atoms with E-state index in [-0.39, 0.29) is 12.0 Å². The van der Waals surface area contributed by atoms with Gasteiger partial charge in [-0.3, -0.25) is 0 Å². The van der Waals surface area contributed by atoms with Gasteiger partial charge in [-0.25, -0.2) is 0 Å². The maximum Gasteiger partial charge on any atom is 0.0545 e. The summed E-state index contributed by atoms with van der Waals surface area (Å²) < 4.78 is 1.05. The van der Waals surface area contributed by atoms with E-state index in [0.29, 0.717) is 6.54 Å². The van der Waals surface area contributed by atoms with Gasteiger partial charge in [0.25, 0.3) is 0 Å². The quantitative estimate of drug-likeness (QED) is 0.877. The highest BCUT2D eigenvalue weighted by atomic mass is 79.9. The average Bonchev–Trinajstić information content (AvgIpc) is 2.44. The summed E-state index contributed by atoms with van der Waals surface area (Å²) in [5.41, 5.74) is 5.35. The summed E-state index contributed by atoms with van der Waals surface area (Å²) in [6.45, 7) is 4.57. The second-order valence-corrected chi connectivity index (χ2v) is 5.57. The molecule has 1 aromatic heterocycles. The summed E-state index contributed by atoms with van der Waals surface area (Å²) in [7, 11) is 0. The van der Waals surface area contributed by atoms with Crippen LogP contribution in [0.1, 0.15) is 16.7 Å². The van der Waals surface area contributed by atoms with Gasteiger partial charge in [-0.2, -0.15) is 0 Å². The van der Waals surface area contributed by atoms with E-state index in [0.717, 1.165) is 9.35 Å². The highest BCUT2D eigenvalue weighted by molar-refractivity contribution is 9.10. The van der Waals surface area contributed by atoms with Gasteiger partial charge >= 0.3 is 0 Å².